The molecule has 3 rings (SSSR count). The summed E-state index contributed by atoms with van der Waals surface area (Å²) in [6, 6.07) is 9.91. The summed E-state index contributed by atoms with van der Waals surface area (Å²) in [6.07, 6.45) is 2.90. The molecule has 2 heterocycles. The van der Waals surface area contributed by atoms with Crippen LogP contribution in [0.2, 0.25) is 0 Å². The van der Waals surface area contributed by atoms with E-state index in [2.05, 4.69) is 5.32 Å². The third-order valence-electron chi connectivity index (χ3n) is 3.81. The van der Waals surface area contributed by atoms with E-state index in [0.717, 1.165) is 19.3 Å². The zero-order valence-corrected chi connectivity index (χ0v) is 14.2. The molecule has 23 heavy (non-hydrogen) atoms. The van der Waals surface area contributed by atoms with E-state index < -0.39 is 10.0 Å². The highest BCUT2D eigenvalue weighted by Gasteiger charge is 2.25. The molecule has 0 radical (unpaired) electrons. The first-order valence-electron chi connectivity index (χ1n) is 7.52. The fourth-order valence-electron chi connectivity index (χ4n) is 2.57. The van der Waals surface area contributed by atoms with Crippen molar-refractivity contribution < 1.29 is 13.2 Å². The van der Waals surface area contributed by atoms with Gasteiger partial charge in [-0.25, -0.2) is 8.42 Å². The predicted molar refractivity (Wildman–Crippen MR) is 91.3 cm³/mol. The number of carbonyl (C=O) groups excluding carboxylic acids is 1. The van der Waals surface area contributed by atoms with Gasteiger partial charge in [0.15, 0.2) is 0 Å². The second kappa shape index (κ2) is 6.82. The molecule has 0 unspecified atom stereocenters. The Morgan fingerprint density at radius 3 is 2.35 bits per heavy atom. The Balaban J connectivity index is 1.72. The van der Waals surface area contributed by atoms with E-state index >= 15 is 0 Å². The first-order valence-corrected chi connectivity index (χ1v) is 9.84. The summed E-state index contributed by atoms with van der Waals surface area (Å²) in [5.41, 5.74) is 0.584. The number of amides is 1. The molecule has 0 saturated carbocycles. The normalized spacial score (nSPS) is 16.2. The lowest BCUT2D eigenvalue weighted by molar-refractivity contribution is 0.103. The number of benzene rings is 1. The Hall–Kier alpha value is -1.70. The second-order valence-electron chi connectivity index (χ2n) is 5.42. The number of anilines is 1. The highest BCUT2D eigenvalue weighted by molar-refractivity contribution is 7.89. The largest absolute Gasteiger partial charge is 0.321 e. The zero-order valence-electron chi connectivity index (χ0n) is 12.6. The molecule has 0 atom stereocenters. The van der Waals surface area contributed by atoms with E-state index in [-0.39, 0.29) is 10.8 Å². The van der Waals surface area contributed by atoms with Crippen LogP contribution in [-0.4, -0.2) is 31.7 Å². The molecule has 0 aliphatic carbocycles. The van der Waals surface area contributed by atoms with Crippen molar-refractivity contribution in [3.8, 4) is 0 Å². The van der Waals surface area contributed by atoms with Gasteiger partial charge in [-0.15, -0.1) is 11.3 Å². The van der Waals surface area contributed by atoms with Gasteiger partial charge in [-0.3, -0.25) is 4.79 Å². The fraction of sp³-hybridized carbons (Fsp3) is 0.312. The fourth-order valence-corrected chi connectivity index (χ4v) is 4.70. The molecular weight excluding hydrogens is 332 g/mol. The van der Waals surface area contributed by atoms with Crippen LogP contribution in [0.25, 0.3) is 0 Å². The zero-order chi connectivity index (χ0) is 16.3. The average Bonchev–Trinajstić information content (AvgIpc) is 3.11. The van der Waals surface area contributed by atoms with Gasteiger partial charge in [0.2, 0.25) is 10.0 Å². The van der Waals surface area contributed by atoms with Crippen molar-refractivity contribution in [2.45, 2.75) is 24.2 Å². The predicted octanol–water partition coefficient (Wildman–Crippen LogP) is 3.18. The van der Waals surface area contributed by atoms with Crippen molar-refractivity contribution in [3.63, 3.8) is 0 Å². The van der Waals surface area contributed by atoms with E-state index in [1.807, 2.05) is 11.4 Å². The van der Waals surface area contributed by atoms with E-state index in [4.69, 9.17) is 0 Å². The maximum absolute atomic E-state index is 12.5. The minimum atomic E-state index is -3.43. The van der Waals surface area contributed by atoms with E-state index in [0.29, 0.717) is 23.7 Å². The molecule has 5 nitrogen and oxygen atoms in total. The van der Waals surface area contributed by atoms with Crippen molar-refractivity contribution in [2.24, 2.45) is 0 Å². The maximum atomic E-state index is 12.5. The van der Waals surface area contributed by atoms with Gasteiger partial charge in [0.25, 0.3) is 5.91 Å². The van der Waals surface area contributed by atoms with Gasteiger partial charge in [-0.2, -0.15) is 4.31 Å². The minimum Gasteiger partial charge on any atom is -0.321 e. The molecule has 1 N–H and O–H groups in total. The molecule has 0 bridgehead atoms. The number of hydrogen-bond acceptors (Lipinski definition) is 4. The van der Waals surface area contributed by atoms with Crippen LogP contribution < -0.4 is 5.32 Å². The number of nitrogens with zero attached hydrogens (tertiary/aromatic N) is 1. The lowest BCUT2D eigenvalue weighted by atomic mass is 10.2. The van der Waals surface area contributed by atoms with Crippen LogP contribution in [0.4, 0.5) is 5.69 Å². The SMILES string of the molecule is O=C(Nc1ccc(S(=O)(=O)N2CCCCC2)cc1)c1cccs1. The molecule has 122 valence electrons. The van der Waals surface area contributed by atoms with Crippen molar-refractivity contribution in [3.05, 3.63) is 46.7 Å². The molecule has 7 heteroatoms. The van der Waals surface area contributed by atoms with Gasteiger partial charge in [0, 0.05) is 18.8 Å². The molecule has 1 amide bonds. The molecule has 2 aromatic rings. The monoisotopic (exact) mass is 350 g/mol. The first-order chi connectivity index (χ1) is 11.1. The van der Waals surface area contributed by atoms with Crippen molar-refractivity contribution >= 4 is 33.0 Å². The molecular formula is C16H18N2O3S2. The molecule has 0 spiro atoms. The van der Waals surface area contributed by atoms with Gasteiger partial charge in [0.05, 0.1) is 9.77 Å². The summed E-state index contributed by atoms with van der Waals surface area (Å²) in [4.78, 5) is 12.9. The summed E-state index contributed by atoms with van der Waals surface area (Å²) >= 11 is 1.36. The number of nitrogens with one attached hydrogen (secondary N) is 1. The number of carbonyl (C=O) groups is 1. The van der Waals surface area contributed by atoms with Crippen molar-refractivity contribution in [1.82, 2.24) is 4.31 Å². The summed E-state index contributed by atoms with van der Waals surface area (Å²) in [5.74, 6) is -0.188. The lowest BCUT2D eigenvalue weighted by Crippen LogP contribution is -2.35. The first kappa shape index (κ1) is 16.2. The lowest BCUT2D eigenvalue weighted by Gasteiger charge is -2.25. The molecule has 1 aliphatic rings. The van der Waals surface area contributed by atoms with Crippen LogP contribution in [0.3, 0.4) is 0 Å². The quantitative estimate of drug-likeness (QED) is 0.921. The van der Waals surface area contributed by atoms with E-state index in [1.54, 1.807) is 30.3 Å². The Morgan fingerprint density at radius 1 is 1.04 bits per heavy atom. The Morgan fingerprint density at radius 2 is 1.74 bits per heavy atom. The van der Waals surface area contributed by atoms with Crippen LogP contribution in [0, 0.1) is 0 Å². The third-order valence-corrected chi connectivity index (χ3v) is 6.59. The van der Waals surface area contributed by atoms with Crippen molar-refractivity contribution in [2.75, 3.05) is 18.4 Å². The Labute approximate surface area is 140 Å². The smallest absolute Gasteiger partial charge is 0.265 e. The van der Waals surface area contributed by atoms with Crippen LogP contribution in [0.15, 0.2) is 46.7 Å². The second-order valence-corrected chi connectivity index (χ2v) is 8.31. The number of thiophene rings is 1. The Kier molecular flexibility index (Phi) is 4.79. The topological polar surface area (TPSA) is 66.5 Å². The molecule has 1 saturated heterocycles. The van der Waals surface area contributed by atoms with Gasteiger partial charge in [0.1, 0.15) is 0 Å². The minimum absolute atomic E-state index is 0.188. The molecule has 1 aliphatic heterocycles. The van der Waals surface area contributed by atoms with Gasteiger partial charge < -0.3 is 5.32 Å². The van der Waals surface area contributed by atoms with Crippen LogP contribution in [-0.2, 0) is 10.0 Å². The van der Waals surface area contributed by atoms with Crippen LogP contribution in [0.5, 0.6) is 0 Å². The van der Waals surface area contributed by atoms with Gasteiger partial charge in [-0.05, 0) is 48.6 Å². The molecule has 1 aromatic heterocycles. The van der Waals surface area contributed by atoms with Crippen molar-refractivity contribution in [1.29, 1.82) is 0 Å². The molecule has 1 fully saturated rings. The summed E-state index contributed by atoms with van der Waals surface area (Å²) in [7, 11) is -3.43. The van der Waals surface area contributed by atoms with Gasteiger partial charge in [-0.1, -0.05) is 12.5 Å². The standard InChI is InChI=1S/C16H18N2O3S2/c19-16(15-5-4-12-22-15)17-13-6-8-14(9-7-13)23(20,21)18-10-2-1-3-11-18/h4-9,12H,1-3,10-11H2,(H,17,19). The highest BCUT2D eigenvalue weighted by atomic mass is 32.2. The summed E-state index contributed by atoms with van der Waals surface area (Å²) in [5, 5.41) is 4.60. The molecule has 1 aromatic carbocycles. The average molecular weight is 350 g/mol. The number of sulfonamides is 1. The van der Waals surface area contributed by atoms with Crippen LogP contribution >= 0.6 is 11.3 Å². The van der Waals surface area contributed by atoms with Gasteiger partial charge >= 0.3 is 0 Å². The summed E-state index contributed by atoms with van der Waals surface area (Å²) in [6.45, 7) is 1.17. The number of hydrogen-bond donors (Lipinski definition) is 1. The van der Waals surface area contributed by atoms with E-state index in [1.165, 1.54) is 15.6 Å². The summed E-state index contributed by atoms with van der Waals surface area (Å²) < 4.78 is 26.6. The Bertz CT molecular complexity index is 762. The third kappa shape index (κ3) is 3.63. The number of piperidine rings is 1. The van der Waals surface area contributed by atoms with E-state index in [9.17, 15) is 13.2 Å². The maximum Gasteiger partial charge on any atom is 0.265 e. The van der Waals surface area contributed by atoms with Crippen LogP contribution in [0.1, 0.15) is 28.9 Å². The number of rotatable bonds is 4. The highest BCUT2D eigenvalue weighted by Crippen LogP contribution is 2.22.